The Morgan fingerprint density at radius 3 is 2.78 bits per heavy atom. The molecule has 0 bridgehead atoms. The van der Waals surface area contributed by atoms with Gasteiger partial charge < -0.3 is 4.98 Å². The highest BCUT2D eigenvalue weighted by atomic mass is 35.5. The van der Waals surface area contributed by atoms with Gasteiger partial charge in [-0.25, -0.2) is 5.43 Å². The van der Waals surface area contributed by atoms with Gasteiger partial charge in [0.2, 0.25) is 5.91 Å². The number of carbonyl (C=O) groups excluding carboxylic acids is 1. The number of hydrazone groups is 1. The van der Waals surface area contributed by atoms with Crippen molar-refractivity contribution in [2.24, 2.45) is 5.10 Å². The van der Waals surface area contributed by atoms with Crippen LogP contribution in [0.25, 0.3) is 10.9 Å². The van der Waals surface area contributed by atoms with Gasteiger partial charge in [-0.1, -0.05) is 41.9 Å². The lowest BCUT2D eigenvalue weighted by Gasteiger charge is -2.00. The van der Waals surface area contributed by atoms with E-state index in [1.165, 1.54) is 0 Å². The number of aryl methyl sites for hydroxylation is 1. The summed E-state index contributed by atoms with van der Waals surface area (Å²) in [6, 6.07) is 15.3. The zero-order chi connectivity index (χ0) is 16.1. The van der Waals surface area contributed by atoms with Crippen LogP contribution in [0.15, 0.2) is 59.8 Å². The maximum absolute atomic E-state index is 11.9. The first-order chi connectivity index (χ1) is 11.2. The summed E-state index contributed by atoms with van der Waals surface area (Å²) in [5.41, 5.74) is 5.65. The van der Waals surface area contributed by atoms with E-state index in [1.54, 1.807) is 18.3 Å². The molecule has 1 heterocycles. The van der Waals surface area contributed by atoms with Crippen molar-refractivity contribution in [2.45, 2.75) is 12.8 Å². The number of hydrogen-bond donors (Lipinski definition) is 2. The molecule has 3 rings (SSSR count). The number of carbonyl (C=O) groups is 1. The third kappa shape index (κ3) is 3.99. The maximum atomic E-state index is 11.9. The van der Waals surface area contributed by atoms with Crippen LogP contribution >= 0.6 is 11.6 Å². The molecule has 4 nitrogen and oxygen atoms in total. The second-order valence-electron chi connectivity index (χ2n) is 5.20. The number of H-pyrrole nitrogens is 1. The SMILES string of the molecule is O=C(CCc1c[nH]c2ccccc12)NN=Cc1ccc(Cl)cc1. The molecule has 1 aromatic heterocycles. The van der Waals surface area contributed by atoms with Gasteiger partial charge in [0.1, 0.15) is 0 Å². The van der Waals surface area contributed by atoms with Crippen LogP contribution in [0, 0.1) is 0 Å². The lowest BCUT2D eigenvalue weighted by molar-refractivity contribution is -0.121. The third-order valence-corrected chi connectivity index (χ3v) is 3.82. The van der Waals surface area contributed by atoms with Crippen LogP contribution in [0.5, 0.6) is 0 Å². The normalized spacial score (nSPS) is 11.2. The number of amides is 1. The number of hydrogen-bond acceptors (Lipinski definition) is 2. The fraction of sp³-hybridized carbons (Fsp3) is 0.111. The van der Waals surface area contributed by atoms with E-state index >= 15 is 0 Å². The van der Waals surface area contributed by atoms with Crippen molar-refractivity contribution in [1.82, 2.24) is 10.4 Å². The number of aromatic nitrogens is 1. The summed E-state index contributed by atoms with van der Waals surface area (Å²) in [6.45, 7) is 0. The van der Waals surface area contributed by atoms with Crippen molar-refractivity contribution in [3.05, 3.63) is 70.9 Å². The van der Waals surface area contributed by atoms with E-state index in [9.17, 15) is 4.79 Å². The predicted molar refractivity (Wildman–Crippen MR) is 93.8 cm³/mol. The van der Waals surface area contributed by atoms with Crippen molar-refractivity contribution in [3.63, 3.8) is 0 Å². The molecule has 5 heteroatoms. The predicted octanol–water partition coefficient (Wildman–Crippen LogP) is 3.90. The first-order valence-electron chi connectivity index (χ1n) is 7.35. The number of halogens is 1. The minimum absolute atomic E-state index is 0.111. The van der Waals surface area contributed by atoms with E-state index in [4.69, 9.17) is 11.6 Å². The Labute approximate surface area is 139 Å². The van der Waals surface area contributed by atoms with Gasteiger partial charge in [-0.2, -0.15) is 5.10 Å². The zero-order valence-electron chi connectivity index (χ0n) is 12.4. The van der Waals surface area contributed by atoms with E-state index < -0.39 is 0 Å². The average molecular weight is 326 g/mol. The van der Waals surface area contributed by atoms with Gasteiger partial charge in [0.05, 0.1) is 6.21 Å². The van der Waals surface area contributed by atoms with Gasteiger partial charge >= 0.3 is 0 Å². The van der Waals surface area contributed by atoms with E-state index in [-0.39, 0.29) is 5.91 Å². The highest BCUT2D eigenvalue weighted by molar-refractivity contribution is 6.30. The van der Waals surface area contributed by atoms with Crippen LogP contribution in [0.1, 0.15) is 17.5 Å². The molecule has 0 saturated heterocycles. The van der Waals surface area contributed by atoms with Crippen LogP contribution in [-0.4, -0.2) is 17.1 Å². The number of nitrogens with one attached hydrogen (secondary N) is 2. The fourth-order valence-electron chi connectivity index (χ4n) is 2.37. The molecule has 23 heavy (non-hydrogen) atoms. The van der Waals surface area contributed by atoms with Gasteiger partial charge in [0.25, 0.3) is 0 Å². The lowest BCUT2D eigenvalue weighted by atomic mass is 10.1. The smallest absolute Gasteiger partial charge is 0.240 e. The molecule has 0 saturated carbocycles. The highest BCUT2D eigenvalue weighted by Crippen LogP contribution is 2.18. The number of aromatic amines is 1. The Kier molecular flexibility index (Phi) is 4.74. The summed E-state index contributed by atoms with van der Waals surface area (Å²) >= 11 is 5.81. The Morgan fingerprint density at radius 2 is 1.96 bits per heavy atom. The number of rotatable bonds is 5. The summed E-state index contributed by atoms with van der Waals surface area (Å²) in [6.07, 6.45) is 4.61. The lowest BCUT2D eigenvalue weighted by Crippen LogP contribution is -2.17. The minimum atomic E-state index is -0.111. The zero-order valence-corrected chi connectivity index (χ0v) is 13.2. The van der Waals surface area contributed by atoms with E-state index in [0.29, 0.717) is 17.9 Å². The topological polar surface area (TPSA) is 57.2 Å². The molecule has 0 radical (unpaired) electrons. The summed E-state index contributed by atoms with van der Waals surface area (Å²) in [5.74, 6) is -0.111. The first kappa shape index (κ1) is 15.3. The van der Waals surface area contributed by atoms with Gasteiger partial charge in [-0.05, 0) is 35.7 Å². The molecule has 0 spiro atoms. The second-order valence-corrected chi connectivity index (χ2v) is 5.64. The Bertz CT molecular complexity index is 837. The van der Waals surface area contributed by atoms with Crippen molar-refractivity contribution >= 4 is 34.6 Å². The van der Waals surface area contributed by atoms with Crippen LogP contribution in [0.2, 0.25) is 5.02 Å². The standard InChI is InChI=1S/C18H16ClN3O/c19-15-8-5-13(6-9-15)11-21-22-18(23)10-7-14-12-20-17-4-2-1-3-16(14)17/h1-6,8-9,11-12,20H,7,10H2,(H,22,23). The molecule has 0 aliphatic carbocycles. The molecular weight excluding hydrogens is 310 g/mol. The summed E-state index contributed by atoms with van der Waals surface area (Å²) < 4.78 is 0. The molecule has 0 fully saturated rings. The van der Waals surface area contributed by atoms with Crippen molar-refractivity contribution in [3.8, 4) is 0 Å². The van der Waals surface area contributed by atoms with Crippen LogP contribution in [-0.2, 0) is 11.2 Å². The van der Waals surface area contributed by atoms with Crippen LogP contribution in [0.4, 0.5) is 0 Å². The van der Waals surface area contributed by atoms with Crippen molar-refractivity contribution < 1.29 is 4.79 Å². The highest BCUT2D eigenvalue weighted by Gasteiger charge is 2.05. The number of para-hydroxylation sites is 1. The maximum Gasteiger partial charge on any atom is 0.240 e. The number of fused-ring (bicyclic) bond motifs is 1. The van der Waals surface area contributed by atoms with Gasteiger partial charge in [-0.3, -0.25) is 4.79 Å². The Hall–Kier alpha value is -2.59. The largest absolute Gasteiger partial charge is 0.361 e. The minimum Gasteiger partial charge on any atom is -0.361 e. The van der Waals surface area contributed by atoms with Crippen molar-refractivity contribution in [1.29, 1.82) is 0 Å². The Balaban J connectivity index is 1.52. The molecule has 3 aromatic rings. The molecule has 0 unspecified atom stereocenters. The third-order valence-electron chi connectivity index (χ3n) is 3.57. The fourth-order valence-corrected chi connectivity index (χ4v) is 2.50. The van der Waals surface area contributed by atoms with E-state index in [1.807, 2.05) is 36.5 Å². The summed E-state index contributed by atoms with van der Waals surface area (Å²) in [4.78, 5) is 15.1. The van der Waals surface area contributed by atoms with Gasteiger partial charge in [0.15, 0.2) is 0 Å². The summed E-state index contributed by atoms with van der Waals surface area (Å²) in [7, 11) is 0. The molecule has 0 aliphatic rings. The molecule has 0 aliphatic heterocycles. The van der Waals surface area contributed by atoms with Crippen LogP contribution in [0.3, 0.4) is 0 Å². The molecule has 0 atom stereocenters. The molecule has 1 amide bonds. The van der Waals surface area contributed by atoms with E-state index in [0.717, 1.165) is 22.0 Å². The molecular formula is C18H16ClN3O. The van der Waals surface area contributed by atoms with Gasteiger partial charge in [-0.15, -0.1) is 0 Å². The summed E-state index contributed by atoms with van der Waals surface area (Å²) in [5, 5.41) is 5.79. The number of nitrogens with zero attached hydrogens (tertiary/aromatic N) is 1. The first-order valence-corrected chi connectivity index (χ1v) is 7.72. The second kappa shape index (κ2) is 7.11. The quantitative estimate of drug-likeness (QED) is 0.542. The molecule has 2 N–H and O–H groups in total. The molecule has 2 aromatic carbocycles. The van der Waals surface area contributed by atoms with E-state index in [2.05, 4.69) is 21.6 Å². The average Bonchev–Trinajstić information content (AvgIpc) is 2.98. The Morgan fingerprint density at radius 1 is 1.17 bits per heavy atom. The number of benzene rings is 2. The monoisotopic (exact) mass is 325 g/mol. The molecule has 116 valence electrons. The van der Waals surface area contributed by atoms with Crippen molar-refractivity contribution in [2.75, 3.05) is 0 Å². The van der Waals surface area contributed by atoms with Crippen LogP contribution < -0.4 is 5.43 Å². The van der Waals surface area contributed by atoms with Gasteiger partial charge in [0, 0.05) is 28.5 Å².